The van der Waals surface area contributed by atoms with Gasteiger partial charge in [-0.25, -0.2) is 0 Å². The highest BCUT2D eigenvalue weighted by atomic mass is 15.0. The molecule has 0 aromatic heterocycles. The molecule has 1 atom stereocenters. The summed E-state index contributed by atoms with van der Waals surface area (Å²) in [5.41, 5.74) is 0.435. The van der Waals surface area contributed by atoms with Crippen LogP contribution in [-0.4, -0.2) is 12.1 Å². The number of hydrogen-bond acceptors (Lipinski definition) is 1. The molecule has 13 heavy (non-hydrogen) atoms. The van der Waals surface area contributed by atoms with Gasteiger partial charge in [-0.15, -0.1) is 6.58 Å². The van der Waals surface area contributed by atoms with Crippen molar-refractivity contribution in [3.8, 4) is 0 Å². The topological polar surface area (TPSA) is 12.0 Å². The van der Waals surface area contributed by atoms with Gasteiger partial charge in [-0.2, -0.15) is 0 Å². The largest absolute Gasteiger partial charge is 0.311 e. The summed E-state index contributed by atoms with van der Waals surface area (Å²) in [5, 5.41) is 3.73. The van der Waals surface area contributed by atoms with Crippen LogP contribution in [0.25, 0.3) is 0 Å². The van der Waals surface area contributed by atoms with Crippen molar-refractivity contribution >= 4 is 0 Å². The fourth-order valence-corrected chi connectivity index (χ4v) is 2.28. The molecular formula is C12H23N. The molecule has 1 unspecified atom stereocenters. The highest BCUT2D eigenvalue weighted by Crippen LogP contribution is 2.27. The fourth-order valence-electron chi connectivity index (χ4n) is 2.28. The van der Waals surface area contributed by atoms with Crippen molar-refractivity contribution in [1.82, 2.24) is 5.32 Å². The lowest BCUT2D eigenvalue weighted by Crippen LogP contribution is -2.43. The Morgan fingerprint density at radius 2 is 2.23 bits per heavy atom. The summed E-state index contributed by atoms with van der Waals surface area (Å²) in [6, 6.07) is 0. The van der Waals surface area contributed by atoms with E-state index in [0.29, 0.717) is 5.54 Å². The Hall–Kier alpha value is -0.300. The maximum atomic E-state index is 3.81. The molecular weight excluding hydrogens is 158 g/mol. The normalized spacial score (nSPS) is 29.6. The van der Waals surface area contributed by atoms with E-state index in [1.54, 1.807) is 0 Å². The molecule has 0 spiro atoms. The maximum absolute atomic E-state index is 3.81. The number of hydrogen-bond donors (Lipinski definition) is 1. The van der Waals surface area contributed by atoms with Crippen molar-refractivity contribution in [3.63, 3.8) is 0 Å². The molecule has 1 rings (SSSR count). The minimum atomic E-state index is 0.435. The van der Waals surface area contributed by atoms with Crippen molar-refractivity contribution in [2.24, 2.45) is 0 Å². The van der Waals surface area contributed by atoms with Gasteiger partial charge in [0.1, 0.15) is 0 Å². The molecule has 1 N–H and O–H groups in total. The van der Waals surface area contributed by atoms with E-state index in [4.69, 9.17) is 0 Å². The highest BCUT2D eigenvalue weighted by Gasteiger charge is 2.27. The second-order valence-corrected chi connectivity index (χ2v) is 4.20. The average Bonchev–Trinajstić information content (AvgIpc) is 2.41. The first-order chi connectivity index (χ1) is 6.33. The average molecular weight is 181 g/mol. The number of nitrogens with one attached hydrogen (secondary N) is 1. The zero-order chi connectivity index (χ0) is 9.57. The minimum Gasteiger partial charge on any atom is -0.311 e. The molecule has 1 aliphatic heterocycles. The van der Waals surface area contributed by atoms with Gasteiger partial charge in [0.25, 0.3) is 0 Å². The van der Waals surface area contributed by atoms with Crippen LogP contribution in [-0.2, 0) is 0 Å². The van der Waals surface area contributed by atoms with Crippen LogP contribution in [0.1, 0.15) is 51.9 Å². The van der Waals surface area contributed by atoms with Crippen molar-refractivity contribution in [1.29, 1.82) is 0 Å². The summed E-state index contributed by atoms with van der Waals surface area (Å²) in [6.45, 7) is 7.33. The number of allylic oxidation sites excluding steroid dienone is 1. The standard InChI is InChI=1S/C12H23N/c1-3-5-9-12(4-2)10-7-6-8-11-13-12/h3,13H,1,4-11H2,2H3. The maximum Gasteiger partial charge on any atom is 0.0181 e. The SMILES string of the molecule is C=CCCC1(CC)CCCCCN1. The molecule has 1 fully saturated rings. The predicted octanol–water partition coefficient (Wildman–Crippen LogP) is 3.27. The lowest BCUT2D eigenvalue weighted by atomic mass is 9.86. The third kappa shape index (κ3) is 3.15. The summed E-state index contributed by atoms with van der Waals surface area (Å²) in [5.74, 6) is 0. The van der Waals surface area contributed by atoms with Gasteiger partial charge < -0.3 is 5.32 Å². The van der Waals surface area contributed by atoms with Crippen molar-refractivity contribution < 1.29 is 0 Å². The smallest absolute Gasteiger partial charge is 0.0181 e. The fraction of sp³-hybridized carbons (Fsp3) is 0.833. The summed E-state index contributed by atoms with van der Waals surface area (Å²) in [6.07, 6.45) is 11.3. The van der Waals surface area contributed by atoms with Gasteiger partial charge in [-0.1, -0.05) is 25.8 Å². The van der Waals surface area contributed by atoms with E-state index in [2.05, 4.69) is 18.8 Å². The molecule has 0 aromatic rings. The van der Waals surface area contributed by atoms with Crippen molar-refractivity contribution in [3.05, 3.63) is 12.7 Å². The van der Waals surface area contributed by atoms with E-state index in [1.807, 2.05) is 6.08 Å². The first-order valence-corrected chi connectivity index (χ1v) is 5.69. The third-order valence-electron chi connectivity index (χ3n) is 3.34. The van der Waals surface area contributed by atoms with E-state index >= 15 is 0 Å². The summed E-state index contributed by atoms with van der Waals surface area (Å²) in [4.78, 5) is 0. The highest BCUT2D eigenvalue weighted by molar-refractivity contribution is 4.90. The van der Waals surface area contributed by atoms with Gasteiger partial charge in [0.05, 0.1) is 0 Å². The van der Waals surface area contributed by atoms with Crippen LogP contribution in [0.4, 0.5) is 0 Å². The quantitative estimate of drug-likeness (QED) is 0.656. The molecule has 1 aliphatic rings. The van der Waals surface area contributed by atoms with Gasteiger partial charge in [0, 0.05) is 5.54 Å². The monoisotopic (exact) mass is 181 g/mol. The van der Waals surface area contributed by atoms with Crippen LogP contribution in [0.3, 0.4) is 0 Å². The van der Waals surface area contributed by atoms with Gasteiger partial charge in [0.15, 0.2) is 0 Å². The predicted molar refractivity (Wildman–Crippen MR) is 58.9 cm³/mol. The Morgan fingerprint density at radius 3 is 2.92 bits per heavy atom. The van der Waals surface area contributed by atoms with Gasteiger partial charge >= 0.3 is 0 Å². The molecule has 0 aromatic carbocycles. The van der Waals surface area contributed by atoms with Crippen LogP contribution >= 0.6 is 0 Å². The molecule has 1 nitrogen and oxygen atoms in total. The molecule has 0 radical (unpaired) electrons. The van der Waals surface area contributed by atoms with Crippen LogP contribution in [0, 0.1) is 0 Å². The van der Waals surface area contributed by atoms with Crippen LogP contribution in [0.2, 0.25) is 0 Å². The molecule has 0 amide bonds. The minimum absolute atomic E-state index is 0.435. The van der Waals surface area contributed by atoms with E-state index in [9.17, 15) is 0 Å². The van der Waals surface area contributed by atoms with Gasteiger partial charge in [-0.3, -0.25) is 0 Å². The Morgan fingerprint density at radius 1 is 1.38 bits per heavy atom. The Kier molecular flexibility index (Phi) is 4.51. The van der Waals surface area contributed by atoms with Crippen LogP contribution in [0.5, 0.6) is 0 Å². The number of rotatable bonds is 4. The molecule has 1 saturated heterocycles. The third-order valence-corrected chi connectivity index (χ3v) is 3.34. The molecule has 0 saturated carbocycles. The van der Waals surface area contributed by atoms with E-state index in [-0.39, 0.29) is 0 Å². The van der Waals surface area contributed by atoms with Crippen molar-refractivity contribution in [2.45, 2.75) is 57.4 Å². The van der Waals surface area contributed by atoms with Crippen LogP contribution < -0.4 is 5.32 Å². The first-order valence-electron chi connectivity index (χ1n) is 5.69. The van der Waals surface area contributed by atoms with Gasteiger partial charge in [0.2, 0.25) is 0 Å². The van der Waals surface area contributed by atoms with E-state index in [1.165, 1.54) is 45.1 Å². The Bertz CT molecular complexity index is 143. The summed E-state index contributed by atoms with van der Waals surface area (Å²) >= 11 is 0. The zero-order valence-corrected chi connectivity index (χ0v) is 8.94. The Labute approximate surface area is 82.6 Å². The second kappa shape index (κ2) is 5.43. The first kappa shape index (κ1) is 10.8. The summed E-state index contributed by atoms with van der Waals surface area (Å²) < 4.78 is 0. The zero-order valence-electron chi connectivity index (χ0n) is 8.94. The van der Waals surface area contributed by atoms with Crippen molar-refractivity contribution in [2.75, 3.05) is 6.54 Å². The Balaban J connectivity index is 2.48. The molecule has 76 valence electrons. The van der Waals surface area contributed by atoms with E-state index < -0.39 is 0 Å². The second-order valence-electron chi connectivity index (χ2n) is 4.20. The summed E-state index contributed by atoms with van der Waals surface area (Å²) in [7, 11) is 0. The lowest BCUT2D eigenvalue weighted by Gasteiger charge is -2.32. The van der Waals surface area contributed by atoms with Gasteiger partial charge in [-0.05, 0) is 38.6 Å². The lowest BCUT2D eigenvalue weighted by molar-refractivity contribution is 0.285. The molecule has 0 bridgehead atoms. The molecule has 0 aliphatic carbocycles. The molecule has 1 heterocycles. The molecule has 1 heteroatoms. The van der Waals surface area contributed by atoms with E-state index in [0.717, 1.165) is 6.42 Å². The van der Waals surface area contributed by atoms with Crippen LogP contribution in [0.15, 0.2) is 12.7 Å².